The molecule has 0 saturated heterocycles. The van der Waals surface area contributed by atoms with Crippen molar-refractivity contribution in [3.8, 4) is 10.6 Å². The third-order valence-electron chi connectivity index (χ3n) is 1.67. The second-order valence-corrected chi connectivity index (χ2v) is 4.27. The molecule has 2 nitrogen and oxygen atoms in total. The molecule has 0 bridgehead atoms. The van der Waals surface area contributed by atoms with Crippen LogP contribution >= 0.6 is 22.9 Å². The fourth-order valence-corrected chi connectivity index (χ4v) is 2.18. The summed E-state index contributed by atoms with van der Waals surface area (Å²) in [6, 6.07) is 1.92. The van der Waals surface area contributed by atoms with Gasteiger partial charge in [-0.05, 0) is 13.0 Å². The van der Waals surface area contributed by atoms with Gasteiger partial charge in [0.1, 0.15) is 0 Å². The van der Waals surface area contributed by atoms with Crippen LogP contribution in [0.3, 0.4) is 0 Å². The van der Waals surface area contributed by atoms with Gasteiger partial charge in [0.05, 0.1) is 21.8 Å². The number of thiophene rings is 1. The molecule has 4 heteroatoms. The molecule has 0 amide bonds. The molecule has 0 radical (unpaired) electrons. The van der Waals surface area contributed by atoms with Crippen LogP contribution in [0.15, 0.2) is 24.7 Å². The summed E-state index contributed by atoms with van der Waals surface area (Å²) in [6.45, 7) is 1.99. The number of hydrogen-bond donors (Lipinski definition) is 0. The van der Waals surface area contributed by atoms with Crippen LogP contribution in [0.5, 0.6) is 0 Å². The molecule has 0 unspecified atom stereocenters. The summed E-state index contributed by atoms with van der Waals surface area (Å²) < 4.78 is 0. The summed E-state index contributed by atoms with van der Waals surface area (Å²) in [5, 5.41) is 0.797. The minimum Gasteiger partial charge on any atom is -0.261 e. The van der Waals surface area contributed by atoms with Crippen molar-refractivity contribution in [2.24, 2.45) is 0 Å². The summed E-state index contributed by atoms with van der Waals surface area (Å²) in [5.74, 6) is 0. The average molecular weight is 211 g/mol. The van der Waals surface area contributed by atoms with E-state index in [0.29, 0.717) is 0 Å². The normalized spacial score (nSPS) is 10.3. The van der Waals surface area contributed by atoms with E-state index in [2.05, 4.69) is 9.97 Å². The second-order valence-electron chi connectivity index (χ2n) is 2.61. The Kier molecular flexibility index (Phi) is 2.29. The minimum atomic E-state index is 0.797. The summed E-state index contributed by atoms with van der Waals surface area (Å²) in [4.78, 5) is 10.4. The zero-order chi connectivity index (χ0) is 9.26. The van der Waals surface area contributed by atoms with Gasteiger partial charge in [0.25, 0.3) is 0 Å². The predicted molar refractivity (Wildman–Crippen MR) is 55.1 cm³/mol. The van der Waals surface area contributed by atoms with Crippen molar-refractivity contribution in [3.05, 3.63) is 34.6 Å². The molecule has 0 saturated carbocycles. The van der Waals surface area contributed by atoms with Crippen LogP contribution in [0.25, 0.3) is 10.6 Å². The maximum absolute atomic E-state index is 5.94. The Morgan fingerprint density at radius 3 is 2.77 bits per heavy atom. The maximum atomic E-state index is 5.94. The standard InChI is InChI=1S/C9H7ClN2S/c1-6-7(10)4-9(13-6)8-5-11-2-3-12-8/h2-5H,1H3. The third kappa shape index (κ3) is 1.71. The van der Waals surface area contributed by atoms with E-state index >= 15 is 0 Å². The molecule has 13 heavy (non-hydrogen) atoms. The van der Waals surface area contributed by atoms with Gasteiger partial charge >= 0.3 is 0 Å². The van der Waals surface area contributed by atoms with Gasteiger partial charge in [-0.2, -0.15) is 0 Å². The molecule has 66 valence electrons. The highest BCUT2D eigenvalue weighted by Crippen LogP contribution is 2.32. The van der Waals surface area contributed by atoms with Crippen molar-refractivity contribution in [2.45, 2.75) is 6.92 Å². The number of aryl methyl sites for hydroxylation is 1. The Labute approximate surface area is 85.2 Å². The first-order valence-corrected chi connectivity index (χ1v) is 4.99. The van der Waals surface area contributed by atoms with Crippen molar-refractivity contribution in [1.82, 2.24) is 9.97 Å². The number of nitrogens with zero attached hydrogens (tertiary/aromatic N) is 2. The van der Waals surface area contributed by atoms with Crippen molar-refractivity contribution in [2.75, 3.05) is 0 Å². The smallest absolute Gasteiger partial charge is 0.0985 e. The lowest BCUT2D eigenvalue weighted by atomic mass is 10.3. The van der Waals surface area contributed by atoms with E-state index < -0.39 is 0 Å². The molecule has 2 rings (SSSR count). The molecule has 0 N–H and O–H groups in total. The minimum absolute atomic E-state index is 0.797. The molecule has 2 aromatic heterocycles. The Balaban J connectivity index is 2.48. The van der Waals surface area contributed by atoms with Gasteiger partial charge in [0.2, 0.25) is 0 Å². The Hall–Kier alpha value is -0.930. The van der Waals surface area contributed by atoms with Crippen LogP contribution < -0.4 is 0 Å². The zero-order valence-corrected chi connectivity index (χ0v) is 8.56. The monoisotopic (exact) mass is 210 g/mol. The summed E-state index contributed by atoms with van der Waals surface area (Å²) in [7, 11) is 0. The molecule has 2 aromatic rings. The number of halogens is 1. The number of rotatable bonds is 1. The highest BCUT2D eigenvalue weighted by atomic mass is 35.5. The number of hydrogen-bond acceptors (Lipinski definition) is 3. The van der Waals surface area contributed by atoms with E-state index in [0.717, 1.165) is 20.5 Å². The molecular formula is C9H7ClN2S. The first-order valence-electron chi connectivity index (χ1n) is 3.79. The first-order chi connectivity index (χ1) is 6.27. The van der Waals surface area contributed by atoms with Crippen molar-refractivity contribution in [1.29, 1.82) is 0 Å². The highest BCUT2D eigenvalue weighted by molar-refractivity contribution is 7.16. The lowest BCUT2D eigenvalue weighted by molar-refractivity contribution is 1.21. The van der Waals surface area contributed by atoms with Crippen LogP contribution in [-0.4, -0.2) is 9.97 Å². The van der Waals surface area contributed by atoms with Gasteiger partial charge in [-0.1, -0.05) is 11.6 Å². The van der Waals surface area contributed by atoms with Crippen LogP contribution in [0.4, 0.5) is 0 Å². The Morgan fingerprint density at radius 2 is 2.23 bits per heavy atom. The van der Waals surface area contributed by atoms with Gasteiger partial charge in [-0.25, -0.2) is 0 Å². The Bertz CT molecular complexity index is 391. The van der Waals surface area contributed by atoms with Gasteiger partial charge in [-0.15, -0.1) is 11.3 Å². The van der Waals surface area contributed by atoms with Crippen molar-refractivity contribution < 1.29 is 0 Å². The third-order valence-corrected chi connectivity index (χ3v) is 3.25. The van der Waals surface area contributed by atoms with E-state index in [1.54, 1.807) is 29.9 Å². The quantitative estimate of drug-likeness (QED) is 0.723. The van der Waals surface area contributed by atoms with E-state index in [1.807, 2.05) is 13.0 Å². The van der Waals surface area contributed by atoms with E-state index in [9.17, 15) is 0 Å². The second kappa shape index (κ2) is 3.44. The van der Waals surface area contributed by atoms with Gasteiger partial charge < -0.3 is 0 Å². The van der Waals surface area contributed by atoms with E-state index in [1.165, 1.54) is 0 Å². The topological polar surface area (TPSA) is 25.8 Å². The molecule has 0 aliphatic heterocycles. The molecule has 2 heterocycles. The Morgan fingerprint density at radius 1 is 1.38 bits per heavy atom. The fraction of sp³-hybridized carbons (Fsp3) is 0.111. The number of aromatic nitrogens is 2. The average Bonchev–Trinajstić information content (AvgIpc) is 2.49. The SMILES string of the molecule is Cc1sc(-c2cnccn2)cc1Cl. The van der Waals surface area contributed by atoms with E-state index in [-0.39, 0.29) is 0 Å². The summed E-state index contributed by atoms with van der Waals surface area (Å²) in [6.07, 6.45) is 5.07. The largest absolute Gasteiger partial charge is 0.261 e. The van der Waals surface area contributed by atoms with Crippen molar-refractivity contribution >= 4 is 22.9 Å². The lowest BCUT2D eigenvalue weighted by Gasteiger charge is -1.91. The molecule has 0 aromatic carbocycles. The zero-order valence-electron chi connectivity index (χ0n) is 6.99. The predicted octanol–water partition coefficient (Wildman–Crippen LogP) is 3.17. The van der Waals surface area contributed by atoms with Gasteiger partial charge in [0, 0.05) is 17.3 Å². The van der Waals surface area contributed by atoms with Crippen molar-refractivity contribution in [3.63, 3.8) is 0 Å². The molecule has 0 aliphatic carbocycles. The first kappa shape index (κ1) is 8.66. The highest BCUT2D eigenvalue weighted by Gasteiger charge is 2.05. The molecule has 0 atom stereocenters. The fourth-order valence-electron chi connectivity index (χ4n) is 1.01. The summed E-state index contributed by atoms with van der Waals surface area (Å²) in [5.41, 5.74) is 0.877. The van der Waals surface area contributed by atoms with E-state index in [4.69, 9.17) is 11.6 Å². The molecule has 0 fully saturated rings. The van der Waals surface area contributed by atoms with Crippen LogP contribution in [0, 0.1) is 6.92 Å². The summed E-state index contributed by atoms with van der Waals surface area (Å²) >= 11 is 7.57. The van der Waals surface area contributed by atoms with Gasteiger partial charge in [0.15, 0.2) is 0 Å². The lowest BCUT2D eigenvalue weighted by Crippen LogP contribution is -1.79. The van der Waals surface area contributed by atoms with Crippen LogP contribution in [0.2, 0.25) is 5.02 Å². The van der Waals surface area contributed by atoms with Crippen LogP contribution in [-0.2, 0) is 0 Å². The molecular weight excluding hydrogens is 204 g/mol. The van der Waals surface area contributed by atoms with Gasteiger partial charge in [-0.3, -0.25) is 9.97 Å². The maximum Gasteiger partial charge on any atom is 0.0985 e. The molecule has 0 aliphatic rings. The van der Waals surface area contributed by atoms with Crippen LogP contribution in [0.1, 0.15) is 4.88 Å². The molecule has 0 spiro atoms.